The molecule has 12 heavy (non-hydrogen) atoms. The lowest BCUT2D eigenvalue weighted by molar-refractivity contribution is -0.136. The quantitative estimate of drug-likeness (QED) is 0.730. The number of hydrogen-bond acceptors (Lipinski definition) is 1. The van der Waals surface area contributed by atoms with Gasteiger partial charge in [-0.15, -0.1) is 0 Å². The third-order valence-corrected chi connectivity index (χ3v) is 1.32. The van der Waals surface area contributed by atoms with Crippen LogP contribution in [0.5, 0.6) is 0 Å². The largest absolute Gasteiger partial charge is 0.481 e. The van der Waals surface area contributed by atoms with E-state index in [1.807, 2.05) is 0 Å². The van der Waals surface area contributed by atoms with Gasteiger partial charge in [-0.2, -0.15) is 0 Å². The van der Waals surface area contributed by atoms with Crippen molar-refractivity contribution in [3.8, 4) is 0 Å². The molecule has 1 N–H and O–H groups in total. The van der Waals surface area contributed by atoms with Crippen molar-refractivity contribution < 1.29 is 18.7 Å². The van der Waals surface area contributed by atoms with Crippen molar-refractivity contribution in [2.24, 2.45) is 0 Å². The van der Waals surface area contributed by atoms with Gasteiger partial charge in [0.15, 0.2) is 0 Å². The fourth-order valence-electron chi connectivity index (χ4n) is 0.796. The molecule has 2 nitrogen and oxygen atoms in total. The molecule has 0 aliphatic heterocycles. The van der Waals surface area contributed by atoms with Gasteiger partial charge in [0.05, 0.1) is 6.42 Å². The van der Waals surface area contributed by atoms with Crippen molar-refractivity contribution in [2.75, 3.05) is 0 Å². The summed E-state index contributed by atoms with van der Waals surface area (Å²) < 4.78 is 25.4. The summed E-state index contributed by atoms with van der Waals surface area (Å²) in [6, 6.07) is 4.01. The van der Waals surface area contributed by atoms with Crippen LogP contribution in [0.25, 0.3) is 0 Å². The predicted octanol–water partition coefficient (Wildman–Crippen LogP) is 1.39. The molecule has 1 aromatic rings. The second-order valence-corrected chi connectivity index (χ2v) is 2.20. The molecule has 0 aliphatic rings. The van der Waals surface area contributed by atoms with Crippen LogP contribution in [0, 0.1) is 17.7 Å². The molecule has 0 saturated heterocycles. The number of halogens is 2. The first-order valence-electron chi connectivity index (χ1n) is 3.17. The minimum Gasteiger partial charge on any atom is -0.481 e. The summed E-state index contributed by atoms with van der Waals surface area (Å²) in [5.74, 6) is -3.02. The van der Waals surface area contributed by atoms with Gasteiger partial charge in [-0.05, 0) is 18.2 Å². The average molecular weight is 171 g/mol. The van der Waals surface area contributed by atoms with Gasteiger partial charge in [-0.25, -0.2) is 8.78 Å². The van der Waals surface area contributed by atoms with Gasteiger partial charge in [0, 0.05) is 5.56 Å². The van der Waals surface area contributed by atoms with Crippen LogP contribution in [0.1, 0.15) is 5.56 Å². The Hall–Kier alpha value is -1.45. The first-order valence-corrected chi connectivity index (χ1v) is 3.17. The van der Waals surface area contributed by atoms with E-state index in [1.165, 1.54) is 0 Å². The van der Waals surface area contributed by atoms with E-state index >= 15 is 0 Å². The Morgan fingerprint density at radius 3 is 2.33 bits per heavy atom. The Balaban J connectivity index is 3.04. The van der Waals surface area contributed by atoms with E-state index in [-0.39, 0.29) is 0 Å². The van der Waals surface area contributed by atoms with Crippen LogP contribution in [0.3, 0.4) is 0 Å². The summed E-state index contributed by atoms with van der Waals surface area (Å²) in [7, 11) is 0. The summed E-state index contributed by atoms with van der Waals surface area (Å²) in [5, 5.41) is 8.27. The smallest absolute Gasteiger partial charge is 0.308 e. The molecule has 4 heteroatoms. The van der Waals surface area contributed by atoms with Gasteiger partial charge < -0.3 is 5.11 Å². The number of benzene rings is 1. The zero-order chi connectivity index (χ0) is 9.14. The molecule has 0 aliphatic carbocycles. The first kappa shape index (κ1) is 8.64. The highest BCUT2D eigenvalue weighted by Crippen LogP contribution is 2.11. The van der Waals surface area contributed by atoms with Gasteiger partial charge in [0.25, 0.3) is 0 Å². The fraction of sp³-hybridized carbons (Fsp3) is 0.125. The van der Waals surface area contributed by atoms with Crippen LogP contribution >= 0.6 is 0 Å². The number of hydrogen-bond donors (Lipinski definition) is 1. The molecule has 0 bridgehead atoms. The molecule has 0 aromatic heterocycles. The average Bonchev–Trinajstić information content (AvgIpc) is 1.97. The molecular weight excluding hydrogens is 166 g/mol. The molecule has 0 amide bonds. The Morgan fingerprint density at radius 1 is 1.42 bits per heavy atom. The van der Waals surface area contributed by atoms with Crippen molar-refractivity contribution in [1.29, 1.82) is 0 Å². The lowest BCUT2D eigenvalue weighted by Gasteiger charge is -1.99. The highest BCUT2D eigenvalue weighted by Gasteiger charge is 2.11. The summed E-state index contributed by atoms with van der Waals surface area (Å²) in [6.45, 7) is 0. The Kier molecular flexibility index (Phi) is 2.38. The number of rotatable bonds is 2. The molecule has 1 rings (SSSR count). The summed E-state index contributed by atoms with van der Waals surface area (Å²) >= 11 is 0. The molecule has 0 heterocycles. The van der Waals surface area contributed by atoms with Gasteiger partial charge >= 0.3 is 5.97 Å². The van der Waals surface area contributed by atoms with E-state index in [2.05, 4.69) is 6.07 Å². The Labute approximate surface area is 67.4 Å². The first-order chi connectivity index (χ1) is 5.61. The highest BCUT2D eigenvalue weighted by atomic mass is 19.1. The van der Waals surface area contributed by atoms with Gasteiger partial charge in [-0.3, -0.25) is 4.79 Å². The third kappa shape index (κ3) is 1.78. The number of carbonyl (C=O) groups is 1. The minimum atomic E-state index is -1.26. The van der Waals surface area contributed by atoms with E-state index in [1.54, 1.807) is 0 Å². The normalized spacial score (nSPS) is 9.83. The lowest BCUT2D eigenvalue weighted by atomic mass is 10.1. The standard InChI is InChI=1S/C8H5F2O2/c9-6-2-1-3-7(10)5(6)4-8(11)12/h2-3H,4H2,(H,11,12). The molecule has 1 aromatic carbocycles. The predicted molar refractivity (Wildman–Crippen MR) is 36.5 cm³/mol. The minimum absolute atomic E-state index is 0.429. The van der Waals surface area contributed by atoms with Crippen LogP contribution < -0.4 is 0 Å². The van der Waals surface area contributed by atoms with Gasteiger partial charge in [0.1, 0.15) is 11.6 Å². The zero-order valence-electron chi connectivity index (χ0n) is 5.97. The number of carboxylic acids is 1. The van der Waals surface area contributed by atoms with Gasteiger partial charge in [-0.1, -0.05) is 0 Å². The monoisotopic (exact) mass is 171 g/mol. The lowest BCUT2D eigenvalue weighted by Crippen LogP contribution is -2.04. The maximum Gasteiger partial charge on any atom is 0.308 e. The molecule has 0 fully saturated rings. The fourth-order valence-corrected chi connectivity index (χ4v) is 0.796. The topological polar surface area (TPSA) is 37.3 Å². The van der Waals surface area contributed by atoms with Crippen LogP contribution in [0.2, 0.25) is 0 Å². The van der Waals surface area contributed by atoms with E-state index in [4.69, 9.17) is 5.11 Å². The van der Waals surface area contributed by atoms with Gasteiger partial charge in [0.2, 0.25) is 0 Å². The van der Waals surface area contributed by atoms with Crippen molar-refractivity contribution in [1.82, 2.24) is 0 Å². The second-order valence-electron chi connectivity index (χ2n) is 2.20. The molecular formula is C8H5F2O2. The second kappa shape index (κ2) is 3.30. The van der Waals surface area contributed by atoms with E-state index in [0.717, 1.165) is 12.1 Å². The summed E-state index contributed by atoms with van der Waals surface area (Å²) in [6.07, 6.45) is -0.646. The van der Waals surface area contributed by atoms with Crippen LogP contribution in [-0.4, -0.2) is 11.1 Å². The summed E-state index contributed by atoms with van der Waals surface area (Å²) in [4.78, 5) is 10.1. The molecule has 0 unspecified atom stereocenters. The zero-order valence-corrected chi connectivity index (χ0v) is 5.97. The third-order valence-electron chi connectivity index (χ3n) is 1.32. The van der Waals surface area contributed by atoms with Crippen molar-refractivity contribution in [3.63, 3.8) is 0 Å². The van der Waals surface area contributed by atoms with E-state index < -0.39 is 29.6 Å². The number of aliphatic carboxylic acids is 1. The molecule has 1 radical (unpaired) electrons. The van der Waals surface area contributed by atoms with Crippen molar-refractivity contribution in [3.05, 3.63) is 35.4 Å². The van der Waals surface area contributed by atoms with Crippen molar-refractivity contribution in [2.45, 2.75) is 6.42 Å². The van der Waals surface area contributed by atoms with Crippen LogP contribution in [0.4, 0.5) is 8.78 Å². The van der Waals surface area contributed by atoms with E-state index in [9.17, 15) is 13.6 Å². The Bertz CT molecular complexity index is 290. The maximum atomic E-state index is 12.7. The Morgan fingerprint density at radius 2 is 1.92 bits per heavy atom. The molecule has 0 spiro atoms. The van der Waals surface area contributed by atoms with Crippen LogP contribution in [0.15, 0.2) is 12.1 Å². The molecule has 0 atom stereocenters. The van der Waals surface area contributed by atoms with Crippen LogP contribution in [-0.2, 0) is 11.2 Å². The van der Waals surface area contributed by atoms with E-state index in [0.29, 0.717) is 0 Å². The molecule has 63 valence electrons. The summed E-state index contributed by atoms with van der Waals surface area (Å²) in [5.41, 5.74) is -0.429. The maximum absolute atomic E-state index is 12.7. The van der Waals surface area contributed by atoms with Crippen molar-refractivity contribution >= 4 is 5.97 Å². The molecule has 0 saturated carbocycles. The highest BCUT2D eigenvalue weighted by molar-refractivity contribution is 5.70. The SMILES string of the molecule is O=C(O)Cc1c(F)c[c]cc1F. The number of carboxylic acid groups (broad SMARTS) is 1.